The molecule has 0 fully saturated rings. The summed E-state index contributed by atoms with van der Waals surface area (Å²) in [7, 11) is 0. The van der Waals surface area contributed by atoms with Crippen molar-refractivity contribution in [3.63, 3.8) is 0 Å². The van der Waals surface area contributed by atoms with E-state index in [1.165, 1.54) is 6.92 Å². The normalized spacial score (nSPS) is 11.7. The second kappa shape index (κ2) is 8.66. The highest BCUT2D eigenvalue weighted by Crippen LogP contribution is 2.20. The number of carbonyl (C=O) groups is 3. The molecule has 6 heteroatoms. The van der Waals surface area contributed by atoms with Crippen LogP contribution in [0.4, 0.5) is 0 Å². The highest BCUT2D eigenvalue weighted by molar-refractivity contribution is 6.01. The van der Waals surface area contributed by atoms with E-state index >= 15 is 0 Å². The second-order valence-electron chi connectivity index (χ2n) is 6.70. The van der Waals surface area contributed by atoms with Gasteiger partial charge >= 0.3 is 5.97 Å². The number of rotatable bonds is 7. The maximum Gasteiger partial charge on any atom is 0.355 e. The summed E-state index contributed by atoms with van der Waals surface area (Å²) in [4.78, 5) is 39.0. The standard InChI is InChI=1S/C21H26N2O4/c1-6-17(16-9-7-12(2)8-10-16)23-18(25)11-27-21(26)20-13(3)19(15(5)24)14(4)22-20/h7-10,17,22H,6,11H2,1-5H3,(H,23,25)/t17-/m1/s1. The van der Waals surface area contributed by atoms with Crippen LogP contribution < -0.4 is 5.32 Å². The Morgan fingerprint density at radius 3 is 2.26 bits per heavy atom. The minimum Gasteiger partial charge on any atom is -0.451 e. The molecule has 2 N–H and O–H groups in total. The summed E-state index contributed by atoms with van der Waals surface area (Å²) in [5.41, 5.74) is 3.99. The van der Waals surface area contributed by atoms with Gasteiger partial charge in [-0.25, -0.2) is 4.79 Å². The van der Waals surface area contributed by atoms with Crippen molar-refractivity contribution in [2.75, 3.05) is 6.61 Å². The lowest BCUT2D eigenvalue weighted by molar-refractivity contribution is -0.125. The van der Waals surface area contributed by atoms with E-state index in [1.54, 1.807) is 13.8 Å². The van der Waals surface area contributed by atoms with Crippen LogP contribution in [-0.2, 0) is 9.53 Å². The Balaban J connectivity index is 1.98. The van der Waals surface area contributed by atoms with E-state index in [1.807, 2.05) is 38.1 Å². The average Bonchev–Trinajstić information content (AvgIpc) is 2.93. The van der Waals surface area contributed by atoms with E-state index in [9.17, 15) is 14.4 Å². The first-order valence-electron chi connectivity index (χ1n) is 8.97. The number of nitrogens with one attached hydrogen (secondary N) is 2. The van der Waals surface area contributed by atoms with Gasteiger partial charge in [0.1, 0.15) is 5.69 Å². The van der Waals surface area contributed by atoms with Gasteiger partial charge in [0, 0.05) is 11.3 Å². The van der Waals surface area contributed by atoms with Crippen molar-refractivity contribution < 1.29 is 19.1 Å². The number of aryl methyl sites for hydroxylation is 2. The van der Waals surface area contributed by atoms with Crippen molar-refractivity contribution in [3.05, 3.63) is 57.9 Å². The zero-order valence-electron chi connectivity index (χ0n) is 16.4. The highest BCUT2D eigenvalue weighted by atomic mass is 16.5. The molecule has 2 aromatic rings. The number of hydrogen-bond donors (Lipinski definition) is 2. The Hall–Kier alpha value is -2.89. The molecule has 0 saturated heterocycles. The van der Waals surface area contributed by atoms with Crippen LogP contribution in [0.3, 0.4) is 0 Å². The van der Waals surface area contributed by atoms with Gasteiger partial charge in [0.15, 0.2) is 12.4 Å². The molecule has 0 spiro atoms. The average molecular weight is 370 g/mol. The van der Waals surface area contributed by atoms with Gasteiger partial charge in [-0.05, 0) is 45.2 Å². The molecule has 0 radical (unpaired) electrons. The Morgan fingerprint density at radius 1 is 1.11 bits per heavy atom. The summed E-state index contributed by atoms with van der Waals surface area (Å²) in [6.07, 6.45) is 0.722. The Morgan fingerprint density at radius 2 is 1.74 bits per heavy atom. The molecular formula is C21H26N2O4. The summed E-state index contributed by atoms with van der Waals surface area (Å²) >= 11 is 0. The third kappa shape index (κ3) is 4.84. The molecule has 144 valence electrons. The molecule has 1 heterocycles. The van der Waals surface area contributed by atoms with E-state index in [0.29, 0.717) is 16.8 Å². The minimum absolute atomic E-state index is 0.123. The fourth-order valence-corrected chi connectivity index (χ4v) is 3.14. The van der Waals surface area contributed by atoms with Gasteiger partial charge in [-0.15, -0.1) is 0 Å². The maximum atomic E-state index is 12.3. The monoisotopic (exact) mass is 370 g/mol. The smallest absolute Gasteiger partial charge is 0.355 e. The number of hydrogen-bond acceptors (Lipinski definition) is 4. The molecule has 0 unspecified atom stereocenters. The van der Waals surface area contributed by atoms with Gasteiger partial charge in [0.05, 0.1) is 6.04 Å². The van der Waals surface area contributed by atoms with Gasteiger partial charge in [0.2, 0.25) is 0 Å². The number of esters is 1. The summed E-state index contributed by atoms with van der Waals surface area (Å²) in [5, 5.41) is 2.88. The lowest BCUT2D eigenvalue weighted by Gasteiger charge is -2.17. The van der Waals surface area contributed by atoms with E-state index < -0.39 is 5.97 Å². The fraction of sp³-hybridized carbons (Fsp3) is 0.381. The van der Waals surface area contributed by atoms with Crippen LogP contribution in [0.1, 0.15) is 69.5 Å². The van der Waals surface area contributed by atoms with Crippen molar-refractivity contribution in [1.82, 2.24) is 10.3 Å². The lowest BCUT2D eigenvalue weighted by atomic mass is 10.0. The predicted octanol–water partition coefficient (Wildman–Crippen LogP) is 3.57. The second-order valence-corrected chi connectivity index (χ2v) is 6.70. The molecule has 27 heavy (non-hydrogen) atoms. The molecule has 1 atom stereocenters. The number of Topliss-reactive ketones (excluding diaryl/α,β-unsaturated/α-hetero) is 1. The summed E-state index contributed by atoms with van der Waals surface area (Å²) in [6, 6.07) is 7.80. The number of carbonyl (C=O) groups excluding carboxylic acids is 3. The van der Waals surface area contributed by atoms with E-state index in [4.69, 9.17) is 4.74 Å². The fourth-order valence-electron chi connectivity index (χ4n) is 3.14. The van der Waals surface area contributed by atoms with Crippen LogP contribution >= 0.6 is 0 Å². The van der Waals surface area contributed by atoms with Crippen molar-refractivity contribution in [2.24, 2.45) is 0 Å². The van der Waals surface area contributed by atoms with Crippen LogP contribution in [0.2, 0.25) is 0 Å². The SMILES string of the molecule is CC[C@@H](NC(=O)COC(=O)c1[nH]c(C)c(C(C)=O)c1C)c1ccc(C)cc1. The number of H-pyrrole nitrogens is 1. The zero-order chi connectivity index (χ0) is 20.1. The number of aromatic nitrogens is 1. The summed E-state index contributed by atoms with van der Waals surface area (Å²) in [5.74, 6) is -1.15. The van der Waals surface area contributed by atoms with Crippen molar-refractivity contribution in [3.8, 4) is 0 Å². The minimum atomic E-state index is -0.651. The number of aromatic amines is 1. The van der Waals surface area contributed by atoms with Crippen LogP contribution in [-0.4, -0.2) is 29.3 Å². The molecule has 2 rings (SSSR count). The first kappa shape index (κ1) is 20.4. The third-order valence-electron chi connectivity index (χ3n) is 4.55. The van der Waals surface area contributed by atoms with Gasteiger partial charge in [-0.2, -0.15) is 0 Å². The Labute approximate surface area is 159 Å². The van der Waals surface area contributed by atoms with E-state index in [2.05, 4.69) is 10.3 Å². The van der Waals surface area contributed by atoms with Gasteiger partial charge < -0.3 is 15.0 Å². The summed E-state index contributed by atoms with van der Waals surface area (Å²) < 4.78 is 5.13. The molecular weight excluding hydrogens is 344 g/mol. The van der Waals surface area contributed by atoms with Crippen LogP contribution in [0.5, 0.6) is 0 Å². The van der Waals surface area contributed by atoms with Gasteiger partial charge in [-0.1, -0.05) is 36.8 Å². The third-order valence-corrected chi connectivity index (χ3v) is 4.55. The zero-order valence-corrected chi connectivity index (χ0v) is 16.4. The molecule has 6 nitrogen and oxygen atoms in total. The molecule has 1 aromatic carbocycles. The Bertz CT molecular complexity index is 850. The Kier molecular flexibility index (Phi) is 6.55. The van der Waals surface area contributed by atoms with E-state index in [-0.39, 0.29) is 30.0 Å². The molecule has 0 bridgehead atoms. The van der Waals surface area contributed by atoms with Crippen LogP contribution in [0, 0.1) is 20.8 Å². The molecule has 1 amide bonds. The van der Waals surface area contributed by atoms with Gasteiger partial charge in [0.25, 0.3) is 5.91 Å². The first-order chi connectivity index (χ1) is 12.7. The largest absolute Gasteiger partial charge is 0.451 e. The quantitative estimate of drug-likeness (QED) is 0.576. The summed E-state index contributed by atoms with van der Waals surface area (Å²) in [6.45, 7) is 8.45. The molecule has 0 aliphatic carbocycles. The molecule has 1 aromatic heterocycles. The number of amides is 1. The van der Waals surface area contributed by atoms with Crippen molar-refractivity contribution >= 4 is 17.7 Å². The number of benzene rings is 1. The number of ether oxygens (including phenoxy) is 1. The topological polar surface area (TPSA) is 88.3 Å². The molecule has 0 saturated carbocycles. The molecule has 0 aliphatic rings. The molecule has 0 aliphatic heterocycles. The highest BCUT2D eigenvalue weighted by Gasteiger charge is 2.22. The van der Waals surface area contributed by atoms with Crippen molar-refractivity contribution in [2.45, 2.75) is 47.1 Å². The lowest BCUT2D eigenvalue weighted by Crippen LogP contribution is -2.32. The first-order valence-corrected chi connectivity index (χ1v) is 8.97. The maximum absolute atomic E-state index is 12.3. The van der Waals surface area contributed by atoms with Gasteiger partial charge in [-0.3, -0.25) is 9.59 Å². The van der Waals surface area contributed by atoms with Crippen molar-refractivity contribution in [1.29, 1.82) is 0 Å². The van der Waals surface area contributed by atoms with Crippen LogP contribution in [0.15, 0.2) is 24.3 Å². The predicted molar refractivity (Wildman–Crippen MR) is 103 cm³/mol. The van der Waals surface area contributed by atoms with E-state index in [0.717, 1.165) is 17.5 Å². The van der Waals surface area contributed by atoms with Crippen LogP contribution in [0.25, 0.3) is 0 Å². The number of ketones is 1.